The van der Waals surface area contributed by atoms with Crippen LogP contribution in [0.1, 0.15) is 38.1 Å². The van der Waals surface area contributed by atoms with Gasteiger partial charge < -0.3 is 14.0 Å². The molecule has 0 radical (unpaired) electrons. The number of esters is 1. The summed E-state index contributed by atoms with van der Waals surface area (Å²) >= 11 is 0. The van der Waals surface area contributed by atoms with E-state index in [2.05, 4.69) is 4.98 Å². The van der Waals surface area contributed by atoms with Gasteiger partial charge in [-0.15, -0.1) is 0 Å². The summed E-state index contributed by atoms with van der Waals surface area (Å²) in [7, 11) is 0.859. The Kier molecular flexibility index (Phi) is 3.69. The van der Waals surface area contributed by atoms with Gasteiger partial charge in [0.1, 0.15) is 0 Å². The number of hydrogen-bond acceptors (Lipinski definition) is 5. The van der Waals surface area contributed by atoms with Gasteiger partial charge in [0.2, 0.25) is 0 Å². The van der Waals surface area contributed by atoms with Crippen molar-refractivity contribution in [3.8, 4) is 0 Å². The van der Waals surface area contributed by atoms with E-state index in [9.17, 15) is 4.79 Å². The van der Waals surface area contributed by atoms with Crippen LogP contribution in [0.25, 0.3) is 10.9 Å². The Morgan fingerprint density at radius 3 is 2.39 bits per heavy atom. The van der Waals surface area contributed by atoms with E-state index in [1.165, 1.54) is 7.11 Å². The first-order valence-corrected chi connectivity index (χ1v) is 7.58. The fraction of sp³-hybridized carbons (Fsp3) is 0.412. The summed E-state index contributed by atoms with van der Waals surface area (Å²) in [5.74, 6) is -0.408. The van der Waals surface area contributed by atoms with Crippen molar-refractivity contribution in [1.29, 1.82) is 0 Å². The maximum Gasteiger partial charge on any atom is 0.495 e. The smallest absolute Gasteiger partial charge is 0.465 e. The molecule has 0 bridgehead atoms. The van der Waals surface area contributed by atoms with E-state index >= 15 is 0 Å². The monoisotopic (exact) mass is 313 g/mol. The summed E-state index contributed by atoms with van der Waals surface area (Å²) in [6.07, 6.45) is 1.66. The number of carbonyl (C=O) groups is 1. The molecule has 1 aromatic heterocycles. The van der Waals surface area contributed by atoms with Crippen LogP contribution in [0.2, 0.25) is 0 Å². The molecule has 0 atom stereocenters. The van der Waals surface area contributed by atoms with Gasteiger partial charge in [0.05, 0.1) is 29.4 Å². The van der Waals surface area contributed by atoms with E-state index in [1.807, 2.05) is 45.9 Å². The minimum atomic E-state index is -0.501. The molecule has 3 rings (SSSR count). The lowest BCUT2D eigenvalue weighted by Gasteiger charge is -2.32. The summed E-state index contributed by atoms with van der Waals surface area (Å²) in [5.41, 5.74) is 1.04. The number of benzene rings is 1. The number of carbonyl (C=O) groups excluding carboxylic acids is 1. The second kappa shape index (κ2) is 5.32. The molecule has 0 amide bonds. The van der Waals surface area contributed by atoms with Gasteiger partial charge in [-0.2, -0.15) is 0 Å². The Morgan fingerprint density at radius 1 is 1.13 bits per heavy atom. The molecule has 1 fully saturated rings. The number of pyridine rings is 1. The molecule has 1 aliphatic heterocycles. The maximum atomic E-state index is 11.9. The molecule has 0 spiro atoms. The first-order chi connectivity index (χ1) is 10.8. The highest BCUT2D eigenvalue weighted by Crippen LogP contribution is 2.37. The van der Waals surface area contributed by atoms with E-state index in [4.69, 9.17) is 14.0 Å². The predicted octanol–water partition coefficient (Wildman–Crippen LogP) is 2.32. The molecule has 1 saturated heterocycles. The molecule has 1 aliphatic rings. The number of methoxy groups -OCH3 is 1. The van der Waals surface area contributed by atoms with E-state index in [0.29, 0.717) is 11.1 Å². The van der Waals surface area contributed by atoms with Crippen LogP contribution in [0.5, 0.6) is 0 Å². The number of fused-ring (bicyclic) bond motifs is 1. The Bertz CT molecular complexity index is 756. The number of para-hydroxylation sites is 1. The number of nitrogens with zero attached hydrogens (tertiary/aromatic N) is 1. The summed E-state index contributed by atoms with van der Waals surface area (Å²) in [5, 5.41) is 0.828. The van der Waals surface area contributed by atoms with E-state index < -0.39 is 24.3 Å². The minimum absolute atomic E-state index is 0.408. The molecule has 0 N–H and O–H groups in total. The second-order valence-electron chi connectivity index (χ2n) is 6.68. The Morgan fingerprint density at radius 2 is 1.78 bits per heavy atom. The van der Waals surface area contributed by atoms with Crippen molar-refractivity contribution in [3.05, 3.63) is 36.0 Å². The van der Waals surface area contributed by atoms with Gasteiger partial charge in [-0.25, -0.2) is 4.79 Å². The number of rotatable bonds is 2. The van der Waals surface area contributed by atoms with Crippen molar-refractivity contribution in [2.75, 3.05) is 7.11 Å². The van der Waals surface area contributed by atoms with Crippen molar-refractivity contribution < 1.29 is 18.8 Å². The van der Waals surface area contributed by atoms with Crippen molar-refractivity contribution >= 4 is 29.5 Å². The van der Waals surface area contributed by atoms with E-state index in [0.717, 1.165) is 10.8 Å². The zero-order valence-corrected chi connectivity index (χ0v) is 14.0. The lowest BCUT2D eigenvalue weighted by atomic mass is 9.77. The molecular formula is C17H20BNO4. The van der Waals surface area contributed by atoms with Gasteiger partial charge in [0.15, 0.2) is 0 Å². The zero-order chi connectivity index (χ0) is 16.8. The predicted molar refractivity (Wildman–Crippen MR) is 88.8 cm³/mol. The average Bonchev–Trinajstić information content (AvgIpc) is 2.73. The Balaban J connectivity index is 2.12. The van der Waals surface area contributed by atoms with Gasteiger partial charge in [-0.1, -0.05) is 12.1 Å². The van der Waals surface area contributed by atoms with Crippen molar-refractivity contribution in [2.45, 2.75) is 38.9 Å². The number of aromatic nitrogens is 1. The molecule has 0 unspecified atom stereocenters. The van der Waals surface area contributed by atoms with Crippen molar-refractivity contribution in [2.24, 2.45) is 0 Å². The van der Waals surface area contributed by atoms with Gasteiger partial charge in [0, 0.05) is 11.6 Å². The van der Waals surface area contributed by atoms with Gasteiger partial charge in [-0.05, 0) is 45.3 Å². The van der Waals surface area contributed by atoms with Crippen molar-refractivity contribution in [1.82, 2.24) is 4.98 Å². The molecule has 120 valence electrons. The molecule has 2 aromatic rings. The first-order valence-electron chi connectivity index (χ1n) is 7.58. The molecule has 0 aliphatic carbocycles. The average molecular weight is 313 g/mol. The third-order valence-electron chi connectivity index (χ3n) is 4.72. The van der Waals surface area contributed by atoms with Crippen LogP contribution in [0.4, 0.5) is 0 Å². The fourth-order valence-electron chi connectivity index (χ4n) is 2.65. The van der Waals surface area contributed by atoms with E-state index in [1.54, 1.807) is 12.3 Å². The maximum absolute atomic E-state index is 11.9. The zero-order valence-electron chi connectivity index (χ0n) is 14.0. The normalized spacial score (nSPS) is 19.1. The topological polar surface area (TPSA) is 57.7 Å². The summed E-state index contributed by atoms with van der Waals surface area (Å²) in [6.45, 7) is 8.04. The summed E-state index contributed by atoms with van der Waals surface area (Å²) in [6, 6.07) is 7.29. The van der Waals surface area contributed by atoms with Crippen LogP contribution in [0.3, 0.4) is 0 Å². The largest absolute Gasteiger partial charge is 0.495 e. The lowest BCUT2D eigenvalue weighted by Crippen LogP contribution is -2.41. The van der Waals surface area contributed by atoms with Crippen LogP contribution in [-0.2, 0) is 14.0 Å². The lowest BCUT2D eigenvalue weighted by molar-refractivity contribution is 0.00578. The Labute approximate surface area is 136 Å². The highest BCUT2D eigenvalue weighted by atomic mass is 16.7. The second-order valence-corrected chi connectivity index (χ2v) is 6.68. The highest BCUT2D eigenvalue weighted by Gasteiger charge is 2.52. The first kappa shape index (κ1) is 16.0. The van der Waals surface area contributed by atoms with Crippen LogP contribution >= 0.6 is 0 Å². The molecule has 23 heavy (non-hydrogen) atoms. The van der Waals surface area contributed by atoms with Gasteiger partial charge in [0.25, 0.3) is 0 Å². The molecular weight excluding hydrogens is 293 g/mol. The van der Waals surface area contributed by atoms with Crippen LogP contribution in [0, 0.1) is 0 Å². The number of hydrogen-bond donors (Lipinski definition) is 0. The Hall–Kier alpha value is -1.92. The minimum Gasteiger partial charge on any atom is -0.465 e. The van der Waals surface area contributed by atoms with E-state index in [-0.39, 0.29) is 0 Å². The third-order valence-corrected chi connectivity index (χ3v) is 4.72. The molecule has 0 saturated carbocycles. The van der Waals surface area contributed by atoms with Crippen LogP contribution < -0.4 is 5.46 Å². The molecule has 1 aromatic carbocycles. The quantitative estimate of drug-likeness (QED) is 0.629. The highest BCUT2D eigenvalue weighted by molar-refractivity contribution is 6.65. The fourth-order valence-corrected chi connectivity index (χ4v) is 2.65. The van der Waals surface area contributed by atoms with Crippen LogP contribution in [0.15, 0.2) is 30.5 Å². The number of ether oxygens (including phenoxy) is 1. The third kappa shape index (κ3) is 2.52. The van der Waals surface area contributed by atoms with Crippen molar-refractivity contribution in [3.63, 3.8) is 0 Å². The van der Waals surface area contributed by atoms with Gasteiger partial charge >= 0.3 is 13.1 Å². The molecule has 5 nitrogen and oxygen atoms in total. The summed E-state index contributed by atoms with van der Waals surface area (Å²) < 4.78 is 17.1. The van der Waals surface area contributed by atoms with Gasteiger partial charge in [-0.3, -0.25) is 4.98 Å². The summed E-state index contributed by atoms with van der Waals surface area (Å²) in [4.78, 5) is 16.3. The standard InChI is InChI=1S/C17H20BNO4/c1-16(2)17(3,4)23-18(22-16)13-9-10-19-14-11(13)7-6-8-12(14)15(20)21-5/h6-10H,1-5H3. The molecule has 6 heteroatoms. The molecule has 2 heterocycles. The SMILES string of the molecule is COC(=O)c1cccc2c(B3OC(C)(C)C(C)(C)O3)ccnc12. The van der Waals surface area contributed by atoms with Crippen LogP contribution in [-0.4, -0.2) is 36.4 Å².